The van der Waals surface area contributed by atoms with E-state index in [2.05, 4.69) is 17.0 Å². The summed E-state index contributed by atoms with van der Waals surface area (Å²) < 4.78 is 39.5. The Balaban J connectivity index is 1.84. The van der Waals surface area contributed by atoms with Gasteiger partial charge in [-0.05, 0) is 38.6 Å². The van der Waals surface area contributed by atoms with E-state index < -0.39 is 12.8 Å². The van der Waals surface area contributed by atoms with Gasteiger partial charge >= 0.3 is 6.18 Å². The van der Waals surface area contributed by atoms with Gasteiger partial charge < -0.3 is 10.1 Å². The molecule has 1 saturated carbocycles. The van der Waals surface area contributed by atoms with Crippen molar-refractivity contribution in [3.63, 3.8) is 0 Å². The molecule has 0 heterocycles. The van der Waals surface area contributed by atoms with Crippen LogP contribution in [0.2, 0.25) is 0 Å². The molecule has 1 rings (SSSR count). The maximum Gasteiger partial charge on any atom is 0.411 e. The van der Waals surface area contributed by atoms with Crippen LogP contribution in [0.1, 0.15) is 26.2 Å². The van der Waals surface area contributed by atoms with Crippen LogP contribution in [0.3, 0.4) is 0 Å². The molecule has 1 aliphatic rings. The highest BCUT2D eigenvalue weighted by Crippen LogP contribution is 2.32. The molecule has 1 N–H and O–H groups in total. The van der Waals surface area contributed by atoms with Gasteiger partial charge in [-0.1, -0.05) is 0 Å². The van der Waals surface area contributed by atoms with Crippen LogP contribution in [0, 0.1) is 5.92 Å². The molecule has 0 bridgehead atoms. The van der Waals surface area contributed by atoms with Gasteiger partial charge in [0.15, 0.2) is 0 Å². The minimum atomic E-state index is -4.20. The molecule has 0 amide bonds. The number of rotatable bonds is 7. The van der Waals surface area contributed by atoms with E-state index in [-0.39, 0.29) is 6.61 Å². The summed E-state index contributed by atoms with van der Waals surface area (Å²) in [6.07, 6.45) is -1.01. The Kier molecular flexibility index (Phi) is 4.86. The van der Waals surface area contributed by atoms with Crippen LogP contribution in [0.25, 0.3) is 0 Å². The van der Waals surface area contributed by atoms with Gasteiger partial charge in [0.25, 0.3) is 0 Å². The molecule has 0 aromatic rings. The minimum Gasteiger partial charge on any atom is -0.372 e. The maximum atomic E-state index is 11.7. The lowest BCUT2D eigenvalue weighted by Gasteiger charge is -2.12. The fraction of sp³-hybridized carbons (Fsp3) is 1.00. The molecule has 0 saturated heterocycles. The molecule has 0 aromatic carbocycles. The molecule has 0 spiro atoms. The summed E-state index contributed by atoms with van der Waals surface area (Å²) in [5.74, 6) is 0.779. The first-order valence-corrected chi connectivity index (χ1v) is 5.37. The van der Waals surface area contributed by atoms with E-state index in [4.69, 9.17) is 0 Å². The lowest BCUT2D eigenvalue weighted by molar-refractivity contribution is -0.173. The molecule has 2 nitrogen and oxygen atoms in total. The van der Waals surface area contributed by atoms with Crippen molar-refractivity contribution >= 4 is 0 Å². The molecule has 15 heavy (non-hydrogen) atoms. The molecule has 1 atom stereocenters. The Bertz CT molecular complexity index is 180. The molecule has 1 fully saturated rings. The van der Waals surface area contributed by atoms with Crippen LogP contribution in [-0.4, -0.2) is 32.0 Å². The van der Waals surface area contributed by atoms with Gasteiger partial charge in [-0.25, -0.2) is 0 Å². The molecule has 90 valence electrons. The first-order valence-electron chi connectivity index (χ1n) is 5.37. The van der Waals surface area contributed by atoms with Crippen molar-refractivity contribution in [2.24, 2.45) is 5.92 Å². The zero-order chi connectivity index (χ0) is 11.3. The maximum absolute atomic E-state index is 11.7. The van der Waals surface area contributed by atoms with Crippen LogP contribution < -0.4 is 5.32 Å². The average Bonchev–Trinajstić information content (AvgIpc) is 2.91. The van der Waals surface area contributed by atoms with Crippen molar-refractivity contribution < 1.29 is 17.9 Å². The fourth-order valence-electron chi connectivity index (χ4n) is 1.45. The monoisotopic (exact) mass is 225 g/mol. The zero-order valence-electron chi connectivity index (χ0n) is 8.94. The number of hydrogen-bond donors (Lipinski definition) is 1. The first kappa shape index (κ1) is 12.8. The van der Waals surface area contributed by atoms with Crippen molar-refractivity contribution in [1.29, 1.82) is 0 Å². The summed E-state index contributed by atoms with van der Waals surface area (Å²) >= 11 is 0. The second kappa shape index (κ2) is 5.70. The Morgan fingerprint density at radius 2 is 2.07 bits per heavy atom. The lowest BCUT2D eigenvalue weighted by atomic mass is 10.2. The topological polar surface area (TPSA) is 21.3 Å². The summed E-state index contributed by atoms with van der Waals surface area (Å²) in [5.41, 5.74) is 0. The van der Waals surface area contributed by atoms with Gasteiger partial charge in [-0.3, -0.25) is 0 Å². The highest BCUT2D eigenvalue weighted by molar-refractivity contribution is 4.82. The standard InChI is InChI=1S/C10H18F3NO/c1-8(9-3-4-9)14-5-2-6-15-7-10(11,12)13/h8-9,14H,2-7H2,1H3. The summed E-state index contributed by atoms with van der Waals surface area (Å²) in [5, 5.41) is 3.28. The summed E-state index contributed by atoms with van der Waals surface area (Å²) in [6, 6.07) is 0.493. The van der Waals surface area contributed by atoms with Gasteiger partial charge in [0.1, 0.15) is 6.61 Å². The zero-order valence-corrected chi connectivity index (χ0v) is 8.94. The predicted octanol–water partition coefficient (Wildman–Crippen LogP) is 2.34. The number of nitrogens with one attached hydrogen (secondary N) is 1. The largest absolute Gasteiger partial charge is 0.411 e. The molecular weight excluding hydrogens is 207 g/mol. The Labute approximate surface area is 88.2 Å². The van der Waals surface area contributed by atoms with Gasteiger partial charge in [0.2, 0.25) is 0 Å². The smallest absolute Gasteiger partial charge is 0.372 e. The molecule has 5 heteroatoms. The van der Waals surface area contributed by atoms with Gasteiger partial charge in [-0.2, -0.15) is 13.2 Å². The van der Waals surface area contributed by atoms with Crippen LogP contribution in [-0.2, 0) is 4.74 Å². The number of halogens is 3. The van der Waals surface area contributed by atoms with Crippen molar-refractivity contribution in [2.45, 2.75) is 38.4 Å². The SMILES string of the molecule is CC(NCCCOCC(F)(F)F)C1CC1. The lowest BCUT2D eigenvalue weighted by Crippen LogP contribution is -2.29. The normalized spacial score (nSPS) is 19.2. The van der Waals surface area contributed by atoms with E-state index in [9.17, 15) is 13.2 Å². The first-order chi connectivity index (χ1) is 6.99. The van der Waals surface area contributed by atoms with Crippen LogP contribution >= 0.6 is 0 Å². The molecule has 1 aliphatic carbocycles. The van der Waals surface area contributed by atoms with E-state index in [0.717, 1.165) is 12.5 Å². The summed E-state index contributed by atoms with van der Waals surface area (Å²) in [4.78, 5) is 0. The van der Waals surface area contributed by atoms with Gasteiger partial charge in [0.05, 0.1) is 0 Å². The average molecular weight is 225 g/mol. The molecular formula is C10H18F3NO. The quantitative estimate of drug-likeness (QED) is 0.671. The van der Waals surface area contributed by atoms with E-state index in [0.29, 0.717) is 12.5 Å². The summed E-state index contributed by atoms with van der Waals surface area (Å²) in [7, 11) is 0. The third-order valence-corrected chi connectivity index (χ3v) is 2.53. The second-order valence-electron chi connectivity index (χ2n) is 4.10. The third-order valence-electron chi connectivity index (χ3n) is 2.53. The van der Waals surface area contributed by atoms with Crippen LogP contribution in [0.4, 0.5) is 13.2 Å². The summed E-state index contributed by atoms with van der Waals surface area (Å²) in [6.45, 7) is 1.89. The van der Waals surface area contributed by atoms with Crippen molar-refractivity contribution in [1.82, 2.24) is 5.32 Å². The Hall–Kier alpha value is -0.290. The number of alkyl halides is 3. The second-order valence-corrected chi connectivity index (χ2v) is 4.10. The van der Waals surface area contributed by atoms with Crippen LogP contribution in [0.15, 0.2) is 0 Å². The molecule has 0 radical (unpaired) electrons. The number of hydrogen-bond acceptors (Lipinski definition) is 2. The van der Waals surface area contributed by atoms with Crippen molar-refractivity contribution in [3.05, 3.63) is 0 Å². The van der Waals surface area contributed by atoms with E-state index in [1.54, 1.807) is 0 Å². The van der Waals surface area contributed by atoms with E-state index >= 15 is 0 Å². The molecule has 0 aromatic heterocycles. The van der Waals surface area contributed by atoms with E-state index in [1.807, 2.05) is 0 Å². The third kappa shape index (κ3) is 6.73. The number of ether oxygens (including phenoxy) is 1. The Morgan fingerprint density at radius 3 is 2.60 bits per heavy atom. The minimum absolute atomic E-state index is 0.171. The Morgan fingerprint density at radius 1 is 1.40 bits per heavy atom. The van der Waals surface area contributed by atoms with Crippen molar-refractivity contribution in [2.75, 3.05) is 19.8 Å². The van der Waals surface area contributed by atoms with E-state index in [1.165, 1.54) is 12.8 Å². The molecule has 1 unspecified atom stereocenters. The predicted molar refractivity (Wildman–Crippen MR) is 51.7 cm³/mol. The highest BCUT2D eigenvalue weighted by atomic mass is 19.4. The highest BCUT2D eigenvalue weighted by Gasteiger charge is 2.28. The fourth-order valence-corrected chi connectivity index (χ4v) is 1.45. The van der Waals surface area contributed by atoms with Gasteiger partial charge in [0, 0.05) is 12.6 Å². The van der Waals surface area contributed by atoms with Crippen LogP contribution in [0.5, 0.6) is 0 Å². The molecule has 0 aliphatic heterocycles. The van der Waals surface area contributed by atoms with Gasteiger partial charge in [-0.15, -0.1) is 0 Å². The van der Waals surface area contributed by atoms with Crippen molar-refractivity contribution in [3.8, 4) is 0 Å².